The molecule has 1 aliphatic rings. The molecule has 0 aliphatic carbocycles. The molecule has 0 aromatic carbocycles. The van der Waals surface area contributed by atoms with Gasteiger partial charge in [0, 0.05) is 19.8 Å². The van der Waals surface area contributed by atoms with Gasteiger partial charge in [0.25, 0.3) is 0 Å². The highest BCUT2D eigenvalue weighted by molar-refractivity contribution is 5.85. The number of amides is 1. The van der Waals surface area contributed by atoms with Gasteiger partial charge in [0.1, 0.15) is 11.9 Å². The summed E-state index contributed by atoms with van der Waals surface area (Å²) in [4.78, 5) is 18.2. The lowest BCUT2D eigenvalue weighted by Crippen LogP contribution is -2.53. The molecular weight excluding hydrogens is 246 g/mol. The molecule has 2 N–H and O–H groups in total. The highest BCUT2D eigenvalue weighted by Gasteiger charge is 2.30. The number of aliphatic hydroxyl groups excluding tert-OH is 1. The van der Waals surface area contributed by atoms with E-state index in [1.165, 1.54) is 0 Å². The molecule has 0 spiro atoms. The molecule has 19 heavy (non-hydrogen) atoms. The van der Waals surface area contributed by atoms with E-state index in [4.69, 9.17) is 9.84 Å². The minimum Gasteiger partial charge on any atom is -0.392 e. The van der Waals surface area contributed by atoms with Crippen molar-refractivity contribution < 1.29 is 14.6 Å². The van der Waals surface area contributed by atoms with Crippen molar-refractivity contribution in [2.45, 2.75) is 19.6 Å². The molecule has 6 nitrogen and oxygen atoms in total. The number of hydrogen-bond acceptors (Lipinski definition) is 5. The van der Waals surface area contributed by atoms with E-state index >= 15 is 0 Å². The highest BCUT2D eigenvalue weighted by Crippen LogP contribution is 2.22. The van der Waals surface area contributed by atoms with Crippen molar-refractivity contribution in [1.29, 1.82) is 0 Å². The Hall–Kier alpha value is -1.66. The van der Waals surface area contributed by atoms with E-state index in [1.54, 1.807) is 13.2 Å². The number of carbonyl (C=O) groups excluding carboxylic acids is 1. The van der Waals surface area contributed by atoms with Crippen LogP contribution in [0, 0.1) is 6.92 Å². The van der Waals surface area contributed by atoms with Gasteiger partial charge in [0.2, 0.25) is 5.91 Å². The van der Waals surface area contributed by atoms with Gasteiger partial charge in [-0.25, -0.2) is 4.98 Å². The van der Waals surface area contributed by atoms with Crippen molar-refractivity contribution in [3.05, 3.63) is 23.4 Å². The van der Waals surface area contributed by atoms with Crippen LogP contribution in [0.2, 0.25) is 0 Å². The standard InChI is InChI=1S/C13H19N3O3/c1-9-5-10(7-17)6-15-12(9)16-3-4-19-8-11(16)13(18)14-2/h5-6,11,17H,3-4,7-8H2,1-2H3,(H,14,18). The Morgan fingerprint density at radius 2 is 2.47 bits per heavy atom. The third kappa shape index (κ3) is 2.85. The summed E-state index contributed by atoms with van der Waals surface area (Å²) in [6.45, 7) is 3.47. The molecular formula is C13H19N3O3. The molecule has 2 heterocycles. The van der Waals surface area contributed by atoms with Crippen molar-refractivity contribution in [2.75, 3.05) is 31.7 Å². The van der Waals surface area contributed by atoms with Crippen LogP contribution in [0.5, 0.6) is 0 Å². The van der Waals surface area contributed by atoms with Crippen molar-refractivity contribution in [2.24, 2.45) is 0 Å². The predicted octanol–water partition coefficient (Wildman–Crippen LogP) is -0.166. The van der Waals surface area contributed by atoms with Gasteiger partial charge in [0.05, 0.1) is 19.8 Å². The lowest BCUT2D eigenvalue weighted by atomic mass is 10.1. The number of nitrogens with one attached hydrogen (secondary N) is 1. The van der Waals surface area contributed by atoms with Crippen LogP contribution >= 0.6 is 0 Å². The van der Waals surface area contributed by atoms with Gasteiger partial charge in [-0.05, 0) is 24.1 Å². The van der Waals surface area contributed by atoms with E-state index in [-0.39, 0.29) is 18.6 Å². The van der Waals surface area contributed by atoms with Crippen LogP contribution in [0.3, 0.4) is 0 Å². The fourth-order valence-corrected chi connectivity index (χ4v) is 2.25. The molecule has 0 saturated carbocycles. The molecule has 1 amide bonds. The minimum absolute atomic E-state index is 0.0316. The van der Waals surface area contributed by atoms with Crippen LogP contribution in [0.1, 0.15) is 11.1 Å². The maximum atomic E-state index is 11.9. The summed E-state index contributed by atoms with van der Waals surface area (Å²) >= 11 is 0. The number of pyridine rings is 1. The second-order valence-electron chi connectivity index (χ2n) is 4.54. The number of morpholine rings is 1. The second-order valence-corrected chi connectivity index (χ2v) is 4.54. The first-order chi connectivity index (χ1) is 9.17. The molecule has 0 radical (unpaired) electrons. The molecule has 1 fully saturated rings. The van der Waals surface area contributed by atoms with Crippen LogP contribution in [0.15, 0.2) is 12.3 Å². The zero-order valence-electron chi connectivity index (χ0n) is 11.2. The van der Waals surface area contributed by atoms with E-state index in [0.29, 0.717) is 19.8 Å². The van der Waals surface area contributed by atoms with Gasteiger partial charge in [-0.15, -0.1) is 0 Å². The number of aryl methyl sites for hydroxylation is 1. The first-order valence-electron chi connectivity index (χ1n) is 6.29. The molecule has 2 rings (SSSR count). The van der Waals surface area contributed by atoms with Gasteiger partial charge in [-0.2, -0.15) is 0 Å². The molecule has 1 saturated heterocycles. The third-order valence-electron chi connectivity index (χ3n) is 3.24. The quantitative estimate of drug-likeness (QED) is 0.794. The Kier molecular flexibility index (Phi) is 4.34. The number of ether oxygens (including phenoxy) is 1. The number of rotatable bonds is 3. The van der Waals surface area contributed by atoms with Crippen LogP contribution in [0.25, 0.3) is 0 Å². The number of aliphatic hydroxyl groups is 1. The summed E-state index contributed by atoms with van der Waals surface area (Å²) in [5, 5.41) is 11.8. The summed E-state index contributed by atoms with van der Waals surface area (Å²) in [5.41, 5.74) is 1.72. The molecule has 1 aliphatic heterocycles. The summed E-state index contributed by atoms with van der Waals surface area (Å²) in [6, 6.07) is 1.53. The topological polar surface area (TPSA) is 74.7 Å². The van der Waals surface area contributed by atoms with Gasteiger partial charge in [0.15, 0.2) is 0 Å². The Bertz CT molecular complexity index is 464. The van der Waals surface area contributed by atoms with Crippen LogP contribution in [-0.2, 0) is 16.1 Å². The Labute approximate surface area is 112 Å². The largest absolute Gasteiger partial charge is 0.392 e. The molecule has 6 heteroatoms. The maximum absolute atomic E-state index is 11.9. The minimum atomic E-state index is -0.357. The number of carbonyl (C=O) groups is 1. The number of anilines is 1. The zero-order chi connectivity index (χ0) is 13.8. The average molecular weight is 265 g/mol. The average Bonchev–Trinajstić information content (AvgIpc) is 2.46. The van der Waals surface area contributed by atoms with Gasteiger partial charge in [-0.1, -0.05) is 0 Å². The highest BCUT2D eigenvalue weighted by atomic mass is 16.5. The number of aromatic nitrogens is 1. The van der Waals surface area contributed by atoms with Crippen molar-refractivity contribution >= 4 is 11.7 Å². The van der Waals surface area contributed by atoms with Crippen LogP contribution in [-0.4, -0.2) is 48.8 Å². The van der Waals surface area contributed by atoms with E-state index in [9.17, 15) is 4.79 Å². The first-order valence-corrected chi connectivity index (χ1v) is 6.29. The normalized spacial score (nSPS) is 19.3. The third-order valence-corrected chi connectivity index (χ3v) is 3.24. The fourth-order valence-electron chi connectivity index (χ4n) is 2.25. The Morgan fingerprint density at radius 3 is 3.11 bits per heavy atom. The van der Waals surface area contributed by atoms with E-state index < -0.39 is 0 Å². The van der Waals surface area contributed by atoms with Crippen LogP contribution in [0.4, 0.5) is 5.82 Å². The number of hydrogen-bond donors (Lipinski definition) is 2. The first kappa shape index (κ1) is 13.8. The summed E-state index contributed by atoms with van der Waals surface area (Å²) < 4.78 is 5.37. The number of nitrogens with zero attached hydrogens (tertiary/aromatic N) is 2. The van der Waals surface area contributed by atoms with Gasteiger partial charge >= 0.3 is 0 Å². The SMILES string of the molecule is CNC(=O)C1COCCN1c1ncc(CO)cc1C. The van der Waals surface area contributed by atoms with Crippen molar-refractivity contribution in [1.82, 2.24) is 10.3 Å². The molecule has 1 aromatic rings. The van der Waals surface area contributed by atoms with Crippen LogP contribution < -0.4 is 10.2 Å². The smallest absolute Gasteiger partial charge is 0.244 e. The Balaban J connectivity index is 2.29. The monoisotopic (exact) mass is 265 g/mol. The number of likely N-dealkylation sites (N-methyl/N-ethyl adjacent to an activating group) is 1. The molecule has 1 unspecified atom stereocenters. The second kappa shape index (κ2) is 5.99. The van der Waals surface area contributed by atoms with Crippen molar-refractivity contribution in [3.8, 4) is 0 Å². The van der Waals surface area contributed by atoms with Crippen molar-refractivity contribution in [3.63, 3.8) is 0 Å². The molecule has 0 bridgehead atoms. The lowest BCUT2D eigenvalue weighted by Gasteiger charge is -2.36. The molecule has 1 aromatic heterocycles. The molecule has 104 valence electrons. The zero-order valence-corrected chi connectivity index (χ0v) is 11.2. The van der Waals surface area contributed by atoms with Gasteiger partial charge < -0.3 is 20.1 Å². The summed E-state index contributed by atoms with van der Waals surface area (Å²) in [5.74, 6) is 0.696. The predicted molar refractivity (Wildman–Crippen MR) is 70.9 cm³/mol. The molecule has 1 atom stereocenters. The lowest BCUT2D eigenvalue weighted by molar-refractivity contribution is -0.124. The summed E-state index contributed by atoms with van der Waals surface area (Å²) in [7, 11) is 1.62. The fraction of sp³-hybridized carbons (Fsp3) is 0.538. The van der Waals surface area contributed by atoms with E-state index in [1.807, 2.05) is 17.9 Å². The maximum Gasteiger partial charge on any atom is 0.244 e. The van der Waals surface area contributed by atoms with Gasteiger partial charge in [-0.3, -0.25) is 4.79 Å². The van der Waals surface area contributed by atoms with E-state index in [2.05, 4.69) is 10.3 Å². The Morgan fingerprint density at radius 1 is 1.68 bits per heavy atom. The van der Waals surface area contributed by atoms with E-state index in [0.717, 1.165) is 16.9 Å². The summed E-state index contributed by atoms with van der Waals surface area (Å²) in [6.07, 6.45) is 1.64.